The number of rotatable bonds is 19. The van der Waals surface area contributed by atoms with Crippen LogP contribution in [-0.2, 0) is 13.6 Å². The van der Waals surface area contributed by atoms with Crippen LogP contribution in [0.5, 0.6) is 0 Å². The molecule has 1 aliphatic carbocycles. The van der Waals surface area contributed by atoms with Gasteiger partial charge in [-0.2, -0.15) is 0 Å². The van der Waals surface area contributed by atoms with Crippen LogP contribution in [0.1, 0.15) is 113 Å². The van der Waals surface area contributed by atoms with Gasteiger partial charge in [0.2, 0.25) is 0 Å². The Balaban J connectivity index is 3.09. The van der Waals surface area contributed by atoms with Gasteiger partial charge in [-0.1, -0.05) is 79.9 Å². The van der Waals surface area contributed by atoms with Gasteiger partial charge in [-0.25, -0.2) is 0 Å². The van der Waals surface area contributed by atoms with Crippen molar-refractivity contribution in [3.63, 3.8) is 0 Å². The lowest BCUT2D eigenvalue weighted by Gasteiger charge is -2.41. The summed E-state index contributed by atoms with van der Waals surface area (Å²) in [5.74, 6) is 0.181. The second kappa shape index (κ2) is 17.1. The number of unbranched alkanes of at least 4 members (excludes halogenated alkanes) is 1. The van der Waals surface area contributed by atoms with Gasteiger partial charge < -0.3 is 14.0 Å². The summed E-state index contributed by atoms with van der Waals surface area (Å²) in [5.41, 5.74) is 4.63. The van der Waals surface area contributed by atoms with Crippen LogP contribution in [0.3, 0.4) is 0 Å². The minimum Gasteiger partial charge on any atom is -0.481 e. The summed E-state index contributed by atoms with van der Waals surface area (Å²) in [6.45, 7) is 23.4. The lowest BCUT2D eigenvalue weighted by atomic mass is 9.88. The molecule has 4 nitrogen and oxygen atoms in total. The highest BCUT2D eigenvalue weighted by Gasteiger charge is 2.41. The maximum Gasteiger partial charge on any atom is 0.307 e. The number of hydrogen-bond acceptors (Lipinski definition) is 3. The van der Waals surface area contributed by atoms with E-state index in [1.165, 1.54) is 37.4 Å². The number of carbonyl (C=O) groups is 1. The molecule has 0 aliphatic heterocycles. The summed E-state index contributed by atoms with van der Waals surface area (Å²) < 4.78 is 14.2. The van der Waals surface area contributed by atoms with Gasteiger partial charge in [0.1, 0.15) is 0 Å². The third kappa shape index (κ3) is 11.8. The van der Waals surface area contributed by atoms with Gasteiger partial charge in [-0.05, 0) is 92.9 Å². The minimum atomic E-state index is -1.86. The van der Waals surface area contributed by atoms with E-state index < -0.39 is 22.6 Å². The Bertz CT molecular complexity index is 808. The van der Waals surface area contributed by atoms with Gasteiger partial charge in [-0.15, -0.1) is 5.73 Å². The van der Waals surface area contributed by atoms with Crippen molar-refractivity contribution < 1.29 is 18.8 Å². The highest BCUT2D eigenvalue weighted by molar-refractivity contribution is 6.74. The molecule has 0 heterocycles. The standard InChI is InChI=1S/C33H62O4Si2/c1-11-15-20-27(5)30(36-38(9,10)33(6,7)8)25-23-28-24-26-31(37-39(12-2,13-3)14-4)29(28)21-18-16-17-19-22-32(34)35/h16,19,24,27,29-31H,11-15,18,20-23,25-26H2,1-10H3,(H,34,35)/t17?,27?,29-,30?,31+/m1/s1. The fraction of sp³-hybridized carbons (Fsp3) is 0.818. The van der Waals surface area contributed by atoms with Gasteiger partial charge in [0.25, 0.3) is 0 Å². The normalized spacial score (nSPS) is 19.8. The van der Waals surface area contributed by atoms with Gasteiger partial charge in [0.15, 0.2) is 16.6 Å². The summed E-state index contributed by atoms with van der Waals surface area (Å²) in [5, 5.41) is 9.09. The van der Waals surface area contributed by atoms with Crippen LogP contribution in [-0.4, -0.2) is 39.9 Å². The first-order valence-electron chi connectivity index (χ1n) is 15.9. The second-order valence-corrected chi connectivity index (χ2v) is 22.8. The Hall–Kier alpha value is -0.916. The number of hydrogen-bond donors (Lipinski definition) is 1. The molecule has 4 atom stereocenters. The maximum absolute atomic E-state index is 10.8. The van der Waals surface area contributed by atoms with Crippen LogP contribution < -0.4 is 0 Å². The summed E-state index contributed by atoms with van der Waals surface area (Å²) in [7, 11) is -3.57. The average Bonchev–Trinajstić information content (AvgIpc) is 3.25. The molecule has 1 rings (SSSR count). The fourth-order valence-corrected chi connectivity index (χ4v) is 9.91. The zero-order valence-electron chi connectivity index (χ0n) is 27.2. The minimum absolute atomic E-state index is 0.0280. The van der Waals surface area contributed by atoms with Crippen LogP contribution in [0.15, 0.2) is 29.5 Å². The number of carboxylic acid groups (broad SMARTS) is 1. The summed E-state index contributed by atoms with van der Waals surface area (Å²) in [4.78, 5) is 10.8. The molecule has 39 heavy (non-hydrogen) atoms. The van der Waals surface area contributed by atoms with Gasteiger partial charge in [0, 0.05) is 12.0 Å². The molecule has 0 aromatic carbocycles. The van der Waals surface area contributed by atoms with Crippen molar-refractivity contribution in [3.05, 3.63) is 29.5 Å². The summed E-state index contributed by atoms with van der Waals surface area (Å²) in [6, 6.07) is 3.52. The highest BCUT2D eigenvalue weighted by atomic mass is 28.4. The molecule has 2 unspecified atom stereocenters. The summed E-state index contributed by atoms with van der Waals surface area (Å²) >= 11 is 0. The van der Waals surface area contributed by atoms with Gasteiger partial charge >= 0.3 is 5.97 Å². The molecule has 0 saturated heterocycles. The maximum atomic E-state index is 10.8. The SMILES string of the molecule is CCCCC(C)C(CCC1=CC[C@H](O[Si](CC)(CC)CC)[C@@H]1CCC=C=CCC(=O)O)O[Si](C)(C)C(C)(C)C. The third-order valence-electron chi connectivity index (χ3n) is 9.62. The lowest BCUT2D eigenvalue weighted by Crippen LogP contribution is -2.45. The van der Waals surface area contributed by atoms with Crippen molar-refractivity contribution in [3.8, 4) is 0 Å². The Kier molecular flexibility index (Phi) is 15.9. The van der Waals surface area contributed by atoms with Crippen molar-refractivity contribution in [1.82, 2.24) is 0 Å². The van der Waals surface area contributed by atoms with E-state index in [1.807, 2.05) is 6.08 Å². The first-order valence-corrected chi connectivity index (χ1v) is 21.3. The smallest absolute Gasteiger partial charge is 0.307 e. The Morgan fingerprint density at radius 3 is 2.31 bits per heavy atom. The molecule has 0 bridgehead atoms. The first kappa shape index (κ1) is 36.1. The van der Waals surface area contributed by atoms with Crippen molar-refractivity contribution in [2.45, 2.75) is 162 Å². The molecule has 0 aromatic rings. The van der Waals surface area contributed by atoms with E-state index in [-0.39, 0.29) is 17.6 Å². The van der Waals surface area contributed by atoms with E-state index in [4.69, 9.17) is 14.0 Å². The predicted octanol–water partition coefficient (Wildman–Crippen LogP) is 10.3. The number of aliphatic carboxylic acids is 1. The van der Waals surface area contributed by atoms with Gasteiger partial charge in [0.05, 0.1) is 12.5 Å². The van der Waals surface area contributed by atoms with E-state index in [0.717, 1.165) is 32.1 Å². The van der Waals surface area contributed by atoms with E-state index in [2.05, 4.69) is 80.3 Å². The molecule has 1 N–H and O–H groups in total. The zero-order valence-corrected chi connectivity index (χ0v) is 29.2. The molecule has 0 fully saturated rings. The zero-order chi connectivity index (χ0) is 29.7. The molecule has 0 amide bonds. The van der Waals surface area contributed by atoms with Crippen LogP contribution in [0.25, 0.3) is 0 Å². The van der Waals surface area contributed by atoms with Gasteiger partial charge in [-0.3, -0.25) is 4.79 Å². The van der Waals surface area contributed by atoms with Crippen molar-refractivity contribution in [2.24, 2.45) is 11.8 Å². The monoisotopic (exact) mass is 578 g/mol. The molecule has 0 spiro atoms. The number of carboxylic acids is 1. The van der Waals surface area contributed by atoms with E-state index in [1.54, 1.807) is 11.6 Å². The summed E-state index contributed by atoms with van der Waals surface area (Å²) in [6.07, 6.45) is 15.6. The quantitative estimate of drug-likeness (QED) is 0.0941. The molecular weight excluding hydrogens is 517 g/mol. The van der Waals surface area contributed by atoms with Crippen LogP contribution >= 0.6 is 0 Å². The fourth-order valence-electron chi connectivity index (χ4n) is 5.54. The Morgan fingerprint density at radius 1 is 1.13 bits per heavy atom. The largest absolute Gasteiger partial charge is 0.481 e. The highest BCUT2D eigenvalue weighted by Crippen LogP contribution is 2.42. The molecule has 0 saturated carbocycles. The molecule has 226 valence electrons. The van der Waals surface area contributed by atoms with Crippen LogP contribution in [0.2, 0.25) is 36.3 Å². The van der Waals surface area contributed by atoms with Crippen LogP contribution in [0, 0.1) is 11.8 Å². The van der Waals surface area contributed by atoms with E-state index in [9.17, 15) is 4.79 Å². The topological polar surface area (TPSA) is 55.8 Å². The predicted molar refractivity (Wildman–Crippen MR) is 172 cm³/mol. The van der Waals surface area contributed by atoms with E-state index >= 15 is 0 Å². The first-order chi connectivity index (χ1) is 18.3. The van der Waals surface area contributed by atoms with Crippen molar-refractivity contribution in [2.75, 3.05) is 0 Å². The molecule has 0 radical (unpaired) electrons. The molecular formula is C33H62O4Si2. The Labute approximate surface area is 244 Å². The lowest BCUT2D eigenvalue weighted by molar-refractivity contribution is -0.136. The second-order valence-electron chi connectivity index (χ2n) is 13.3. The molecule has 6 heteroatoms. The van der Waals surface area contributed by atoms with E-state index in [0.29, 0.717) is 17.9 Å². The Morgan fingerprint density at radius 2 is 1.77 bits per heavy atom. The molecule has 0 aromatic heterocycles. The van der Waals surface area contributed by atoms with Crippen molar-refractivity contribution in [1.29, 1.82) is 0 Å². The molecule has 1 aliphatic rings. The average molecular weight is 579 g/mol. The third-order valence-corrected chi connectivity index (χ3v) is 18.8. The van der Waals surface area contributed by atoms with Crippen LogP contribution in [0.4, 0.5) is 0 Å². The van der Waals surface area contributed by atoms with Crippen molar-refractivity contribution >= 4 is 22.6 Å².